The molecule has 5 nitrogen and oxygen atoms in total. The number of nitrogens with one attached hydrogen (secondary N) is 3. The lowest BCUT2D eigenvalue weighted by atomic mass is 9.67. The smallest absolute Gasteiger partial charge is 0.216 e. The van der Waals surface area contributed by atoms with Crippen LogP contribution in [0.4, 0.5) is 0 Å². The van der Waals surface area contributed by atoms with Crippen LogP contribution in [0, 0.1) is 5.41 Å². The van der Waals surface area contributed by atoms with Gasteiger partial charge >= 0.3 is 0 Å². The van der Waals surface area contributed by atoms with Crippen LogP contribution in [0.15, 0.2) is 4.99 Å². The van der Waals surface area contributed by atoms with Crippen LogP contribution in [0.25, 0.3) is 0 Å². The van der Waals surface area contributed by atoms with E-state index in [9.17, 15) is 4.79 Å². The zero-order chi connectivity index (χ0) is 14.1. The van der Waals surface area contributed by atoms with Gasteiger partial charge in [-0.05, 0) is 31.6 Å². The highest BCUT2D eigenvalue weighted by molar-refractivity contribution is 14.0. The molecule has 0 aliphatic heterocycles. The van der Waals surface area contributed by atoms with Gasteiger partial charge in [-0.1, -0.05) is 13.3 Å². The van der Waals surface area contributed by atoms with E-state index in [0.29, 0.717) is 18.5 Å². The Labute approximate surface area is 139 Å². The maximum Gasteiger partial charge on any atom is 0.216 e. The first-order valence-corrected chi connectivity index (χ1v) is 7.38. The summed E-state index contributed by atoms with van der Waals surface area (Å²) < 4.78 is 0. The fourth-order valence-electron chi connectivity index (χ4n) is 2.31. The molecule has 1 saturated carbocycles. The van der Waals surface area contributed by atoms with E-state index in [1.165, 1.54) is 32.6 Å². The van der Waals surface area contributed by atoms with Crippen molar-refractivity contribution < 1.29 is 4.79 Å². The van der Waals surface area contributed by atoms with Gasteiger partial charge in [0.2, 0.25) is 5.91 Å². The van der Waals surface area contributed by atoms with Crippen molar-refractivity contribution in [3.05, 3.63) is 0 Å². The summed E-state index contributed by atoms with van der Waals surface area (Å²) in [5, 5.41) is 9.25. The summed E-state index contributed by atoms with van der Waals surface area (Å²) in [6.45, 7) is 8.92. The molecule has 0 heterocycles. The number of carbonyl (C=O) groups excluding carboxylic acids is 1. The van der Waals surface area contributed by atoms with Crippen LogP contribution >= 0.6 is 24.0 Å². The second-order valence-electron chi connectivity index (χ2n) is 5.31. The zero-order valence-corrected chi connectivity index (χ0v) is 15.3. The van der Waals surface area contributed by atoms with Crippen LogP contribution in [-0.2, 0) is 4.79 Å². The molecule has 1 rings (SSSR count). The summed E-state index contributed by atoms with van der Waals surface area (Å²) in [5.74, 6) is 0.857. The molecule has 0 atom stereocenters. The second kappa shape index (κ2) is 10.2. The Morgan fingerprint density at radius 1 is 1.15 bits per heavy atom. The Kier molecular flexibility index (Phi) is 9.96. The largest absolute Gasteiger partial charge is 0.357 e. The van der Waals surface area contributed by atoms with Crippen LogP contribution in [0.3, 0.4) is 0 Å². The van der Waals surface area contributed by atoms with Crippen LogP contribution in [0.1, 0.15) is 46.5 Å². The molecule has 0 radical (unpaired) electrons. The minimum Gasteiger partial charge on any atom is -0.357 e. The van der Waals surface area contributed by atoms with Crippen molar-refractivity contribution in [2.45, 2.75) is 46.5 Å². The van der Waals surface area contributed by atoms with Crippen LogP contribution in [-0.4, -0.2) is 38.0 Å². The number of carbonyl (C=O) groups is 1. The first kappa shape index (κ1) is 19.5. The molecule has 0 aromatic rings. The minimum absolute atomic E-state index is 0. The van der Waals surface area contributed by atoms with Crippen LogP contribution in [0.2, 0.25) is 0 Å². The third kappa shape index (κ3) is 6.76. The molecule has 1 amide bonds. The van der Waals surface area contributed by atoms with E-state index in [-0.39, 0.29) is 29.9 Å². The Morgan fingerprint density at radius 3 is 2.25 bits per heavy atom. The molecule has 118 valence electrons. The van der Waals surface area contributed by atoms with Crippen molar-refractivity contribution in [2.24, 2.45) is 10.4 Å². The first-order chi connectivity index (χ1) is 9.12. The minimum atomic E-state index is 0. The summed E-state index contributed by atoms with van der Waals surface area (Å²) in [4.78, 5) is 15.4. The molecular weight excluding hydrogens is 367 g/mol. The number of rotatable bonds is 7. The monoisotopic (exact) mass is 396 g/mol. The summed E-state index contributed by atoms with van der Waals surface area (Å²) in [6.07, 6.45) is 5.16. The SMILES string of the molecule is CCNC(=NCC1(CC)CCC1)NCCNC(C)=O.I. The van der Waals surface area contributed by atoms with Crippen molar-refractivity contribution in [3.63, 3.8) is 0 Å². The molecule has 6 heteroatoms. The van der Waals surface area contributed by atoms with E-state index < -0.39 is 0 Å². The van der Waals surface area contributed by atoms with Crippen LogP contribution in [0.5, 0.6) is 0 Å². The Balaban J connectivity index is 0.00000361. The quantitative estimate of drug-likeness (QED) is 0.267. The van der Waals surface area contributed by atoms with E-state index in [0.717, 1.165) is 19.0 Å². The van der Waals surface area contributed by atoms with E-state index in [1.807, 2.05) is 0 Å². The normalized spacial score (nSPS) is 16.6. The molecule has 20 heavy (non-hydrogen) atoms. The summed E-state index contributed by atoms with van der Waals surface area (Å²) in [7, 11) is 0. The average molecular weight is 396 g/mol. The Hall–Kier alpha value is -0.530. The fraction of sp³-hybridized carbons (Fsp3) is 0.857. The summed E-state index contributed by atoms with van der Waals surface area (Å²) in [5.41, 5.74) is 0.444. The summed E-state index contributed by atoms with van der Waals surface area (Å²) >= 11 is 0. The van der Waals surface area contributed by atoms with E-state index in [1.54, 1.807) is 0 Å². The van der Waals surface area contributed by atoms with E-state index >= 15 is 0 Å². The van der Waals surface area contributed by atoms with E-state index in [2.05, 4.69) is 34.8 Å². The molecule has 0 bridgehead atoms. The lowest BCUT2D eigenvalue weighted by molar-refractivity contribution is -0.118. The van der Waals surface area contributed by atoms with Crippen molar-refractivity contribution in [1.82, 2.24) is 16.0 Å². The molecule has 1 aliphatic rings. The highest BCUT2D eigenvalue weighted by Gasteiger charge is 2.34. The third-order valence-electron chi connectivity index (χ3n) is 3.87. The molecule has 0 aromatic carbocycles. The number of aliphatic imine (C=N–C) groups is 1. The van der Waals surface area contributed by atoms with Gasteiger partial charge in [0.15, 0.2) is 5.96 Å². The van der Waals surface area contributed by atoms with Crippen molar-refractivity contribution >= 4 is 35.8 Å². The lowest BCUT2D eigenvalue weighted by Crippen LogP contribution is -2.42. The number of hydrogen-bond acceptors (Lipinski definition) is 2. The number of nitrogens with zero attached hydrogens (tertiary/aromatic N) is 1. The molecular formula is C14H29IN4O. The van der Waals surface area contributed by atoms with Gasteiger partial charge in [-0.3, -0.25) is 9.79 Å². The molecule has 0 spiro atoms. The van der Waals surface area contributed by atoms with Crippen molar-refractivity contribution in [1.29, 1.82) is 0 Å². The van der Waals surface area contributed by atoms with Crippen molar-refractivity contribution in [2.75, 3.05) is 26.2 Å². The van der Waals surface area contributed by atoms with Gasteiger partial charge in [-0.25, -0.2) is 0 Å². The maximum absolute atomic E-state index is 10.8. The van der Waals surface area contributed by atoms with Gasteiger partial charge in [-0.2, -0.15) is 0 Å². The maximum atomic E-state index is 10.8. The predicted octanol–water partition coefficient (Wildman–Crippen LogP) is 1.88. The van der Waals surface area contributed by atoms with Gasteiger partial charge < -0.3 is 16.0 Å². The number of guanidine groups is 1. The Bertz CT molecular complexity index is 311. The average Bonchev–Trinajstić information content (AvgIpc) is 2.33. The van der Waals surface area contributed by atoms with Gasteiger partial charge in [0.05, 0.1) is 0 Å². The second-order valence-corrected chi connectivity index (χ2v) is 5.31. The van der Waals surface area contributed by atoms with E-state index in [4.69, 9.17) is 0 Å². The highest BCUT2D eigenvalue weighted by atomic mass is 127. The summed E-state index contributed by atoms with van der Waals surface area (Å²) in [6, 6.07) is 0. The molecule has 0 unspecified atom stereocenters. The molecule has 1 fully saturated rings. The predicted molar refractivity (Wildman–Crippen MR) is 94.7 cm³/mol. The van der Waals surface area contributed by atoms with Gasteiger partial charge in [0.1, 0.15) is 0 Å². The third-order valence-corrected chi connectivity index (χ3v) is 3.87. The van der Waals surface area contributed by atoms with Gasteiger partial charge in [0.25, 0.3) is 0 Å². The molecule has 1 aliphatic carbocycles. The molecule has 0 aromatic heterocycles. The number of amides is 1. The first-order valence-electron chi connectivity index (χ1n) is 7.38. The Morgan fingerprint density at radius 2 is 1.80 bits per heavy atom. The number of halogens is 1. The topological polar surface area (TPSA) is 65.5 Å². The zero-order valence-electron chi connectivity index (χ0n) is 12.9. The van der Waals surface area contributed by atoms with Crippen LogP contribution < -0.4 is 16.0 Å². The molecule has 0 saturated heterocycles. The lowest BCUT2D eigenvalue weighted by Gasteiger charge is -2.40. The number of hydrogen-bond donors (Lipinski definition) is 3. The highest BCUT2D eigenvalue weighted by Crippen LogP contribution is 2.43. The van der Waals surface area contributed by atoms with Gasteiger partial charge in [-0.15, -0.1) is 24.0 Å². The van der Waals surface area contributed by atoms with Crippen molar-refractivity contribution in [3.8, 4) is 0 Å². The van der Waals surface area contributed by atoms with Gasteiger partial charge in [0, 0.05) is 33.1 Å². The molecule has 3 N–H and O–H groups in total. The fourth-order valence-corrected chi connectivity index (χ4v) is 2.31. The standard InChI is InChI=1S/C14H28N4O.HI/c1-4-14(7-6-8-14)11-18-13(15-5-2)17-10-9-16-12(3)19;/h4-11H2,1-3H3,(H,16,19)(H2,15,17,18);1H.